The first kappa shape index (κ1) is 19.7. The normalized spacial score (nSPS) is 11.0. The molecule has 2 N–H and O–H groups in total. The zero-order valence-electron chi connectivity index (χ0n) is 13.7. The van der Waals surface area contributed by atoms with E-state index in [-0.39, 0.29) is 21.2 Å². The van der Waals surface area contributed by atoms with Gasteiger partial charge in [0.1, 0.15) is 5.02 Å². The number of hydrogen-bond acceptors (Lipinski definition) is 5. The number of anilines is 1. The summed E-state index contributed by atoms with van der Waals surface area (Å²) in [6.07, 6.45) is 0.730. The molecule has 0 saturated carbocycles. The van der Waals surface area contributed by atoms with Gasteiger partial charge in [-0.3, -0.25) is 19.6 Å². The van der Waals surface area contributed by atoms with Crippen molar-refractivity contribution >= 4 is 38.9 Å². The maximum atomic E-state index is 12.6. The summed E-state index contributed by atoms with van der Waals surface area (Å²) in [5.41, 5.74) is -0.310. The lowest BCUT2D eigenvalue weighted by Gasteiger charge is -2.12. The Kier molecular flexibility index (Phi) is 6.17. The van der Waals surface area contributed by atoms with Crippen LogP contribution in [-0.2, 0) is 10.0 Å². The second-order valence-corrected chi connectivity index (χ2v) is 7.37. The van der Waals surface area contributed by atoms with Crippen molar-refractivity contribution in [3.63, 3.8) is 0 Å². The molecule has 26 heavy (non-hydrogen) atoms. The van der Waals surface area contributed by atoms with Gasteiger partial charge in [0, 0.05) is 12.6 Å². The molecule has 0 unspecified atom stereocenters. The topological polar surface area (TPSA) is 118 Å². The molecule has 0 atom stereocenters. The number of nitro groups is 1. The number of rotatable bonds is 7. The summed E-state index contributed by atoms with van der Waals surface area (Å²) in [6, 6.07) is 9.23. The highest BCUT2D eigenvalue weighted by Gasteiger charge is 2.22. The maximum absolute atomic E-state index is 12.6. The molecular weight excluding hydrogens is 382 g/mol. The minimum atomic E-state index is -4.16. The average Bonchev–Trinajstić information content (AvgIpc) is 2.59. The van der Waals surface area contributed by atoms with Crippen molar-refractivity contribution in [1.29, 1.82) is 0 Å². The number of amides is 1. The van der Waals surface area contributed by atoms with Gasteiger partial charge >= 0.3 is 0 Å². The predicted molar refractivity (Wildman–Crippen MR) is 98.0 cm³/mol. The molecule has 1 amide bonds. The van der Waals surface area contributed by atoms with E-state index < -0.39 is 26.5 Å². The van der Waals surface area contributed by atoms with Gasteiger partial charge in [-0.1, -0.05) is 30.7 Å². The third-order valence-corrected chi connectivity index (χ3v) is 5.06. The second kappa shape index (κ2) is 8.15. The molecule has 0 heterocycles. The zero-order valence-corrected chi connectivity index (χ0v) is 15.3. The van der Waals surface area contributed by atoms with Crippen LogP contribution in [0.2, 0.25) is 5.02 Å². The van der Waals surface area contributed by atoms with Crippen LogP contribution in [0, 0.1) is 10.1 Å². The number of halogens is 1. The molecule has 0 aliphatic heterocycles. The third-order valence-electron chi connectivity index (χ3n) is 3.38. The summed E-state index contributed by atoms with van der Waals surface area (Å²) in [7, 11) is -4.16. The number of nitrogens with one attached hydrogen (secondary N) is 2. The van der Waals surface area contributed by atoms with E-state index in [1.807, 2.05) is 6.92 Å². The fraction of sp³-hybridized carbons (Fsp3) is 0.188. The molecule has 0 spiro atoms. The van der Waals surface area contributed by atoms with Crippen LogP contribution in [0.5, 0.6) is 0 Å². The van der Waals surface area contributed by atoms with Gasteiger partial charge in [0.2, 0.25) is 0 Å². The van der Waals surface area contributed by atoms with Crippen molar-refractivity contribution in [2.24, 2.45) is 0 Å². The van der Waals surface area contributed by atoms with Crippen molar-refractivity contribution in [1.82, 2.24) is 5.32 Å². The quantitative estimate of drug-likeness (QED) is 0.549. The Morgan fingerprint density at radius 2 is 1.92 bits per heavy atom. The molecule has 138 valence electrons. The van der Waals surface area contributed by atoms with Gasteiger partial charge in [-0.05, 0) is 30.7 Å². The van der Waals surface area contributed by atoms with Crippen molar-refractivity contribution in [2.45, 2.75) is 18.2 Å². The van der Waals surface area contributed by atoms with E-state index in [2.05, 4.69) is 10.0 Å². The van der Waals surface area contributed by atoms with Crippen LogP contribution in [0.15, 0.2) is 47.4 Å². The van der Waals surface area contributed by atoms with Gasteiger partial charge in [0.15, 0.2) is 0 Å². The lowest BCUT2D eigenvalue weighted by Crippen LogP contribution is -2.25. The highest BCUT2D eigenvalue weighted by Crippen LogP contribution is 2.28. The lowest BCUT2D eigenvalue weighted by atomic mass is 10.1. The highest BCUT2D eigenvalue weighted by molar-refractivity contribution is 7.92. The molecule has 0 aliphatic carbocycles. The van der Waals surface area contributed by atoms with Gasteiger partial charge < -0.3 is 5.32 Å². The van der Waals surface area contributed by atoms with E-state index in [1.165, 1.54) is 12.1 Å². The van der Waals surface area contributed by atoms with Crippen LogP contribution in [0.4, 0.5) is 11.4 Å². The zero-order chi connectivity index (χ0) is 19.3. The molecule has 0 fully saturated rings. The van der Waals surface area contributed by atoms with Crippen LogP contribution in [0.3, 0.4) is 0 Å². The van der Waals surface area contributed by atoms with E-state index in [1.54, 1.807) is 12.1 Å². The monoisotopic (exact) mass is 397 g/mol. The summed E-state index contributed by atoms with van der Waals surface area (Å²) in [4.78, 5) is 22.0. The SMILES string of the molecule is CCCNC(=O)c1ccccc1NS(=O)(=O)c1ccc(Cl)c([N+](=O)[O-])c1. The standard InChI is InChI=1S/C16H16ClN3O5S/c1-2-9-18-16(21)12-5-3-4-6-14(12)19-26(24,25)11-7-8-13(17)15(10-11)20(22)23/h3-8,10,19H,2,9H2,1H3,(H,18,21). The predicted octanol–water partition coefficient (Wildman–Crippen LogP) is 3.19. The number of carbonyl (C=O) groups is 1. The number of nitrogens with zero attached hydrogens (tertiary/aromatic N) is 1. The minimum absolute atomic E-state index is 0.0682. The second-order valence-electron chi connectivity index (χ2n) is 5.28. The molecule has 2 aromatic rings. The van der Waals surface area contributed by atoms with Gasteiger partial charge in [-0.2, -0.15) is 0 Å². The van der Waals surface area contributed by atoms with Crippen molar-refractivity contribution < 1.29 is 18.1 Å². The van der Waals surface area contributed by atoms with Crippen LogP contribution in [0.25, 0.3) is 0 Å². The van der Waals surface area contributed by atoms with Gasteiger partial charge in [0.25, 0.3) is 21.6 Å². The Labute approximate surface area is 155 Å². The largest absolute Gasteiger partial charge is 0.352 e. The molecule has 0 aromatic heterocycles. The van der Waals surface area contributed by atoms with E-state index in [4.69, 9.17) is 11.6 Å². The average molecular weight is 398 g/mol. The molecule has 2 aromatic carbocycles. The summed E-state index contributed by atoms with van der Waals surface area (Å²) >= 11 is 5.71. The van der Waals surface area contributed by atoms with Crippen LogP contribution in [0.1, 0.15) is 23.7 Å². The number of hydrogen-bond donors (Lipinski definition) is 2. The molecule has 0 saturated heterocycles. The Bertz CT molecular complexity index is 947. The Morgan fingerprint density at radius 1 is 1.23 bits per heavy atom. The first-order valence-electron chi connectivity index (χ1n) is 7.60. The first-order valence-corrected chi connectivity index (χ1v) is 9.46. The summed E-state index contributed by atoms with van der Waals surface area (Å²) in [5.74, 6) is -0.424. The fourth-order valence-corrected chi connectivity index (χ4v) is 3.39. The lowest BCUT2D eigenvalue weighted by molar-refractivity contribution is -0.384. The fourth-order valence-electron chi connectivity index (χ4n) is 2.11. The number of benzene rings is 2. The summed E-state index contributed by atoms with van der Waals surface area (Å²) < 4.78 is 27.4. The number of sulfonamides is 1. The molecule has 0 aliphatic rings. The molecule has 2 rings (SSSR count). The number of para-hydroxylation sites is 1. The smallest absolute Gasteiger partial charge is 0.289 e. The van der Waals surface area contributed by atoms with Crippen molar-refractivity contribution in [2.75, 3.05) is 11.3 Å². The van der Waals surface area contributed by atoms with E-state index >= 15 is 0 Å². The Morgan fingerprint density at radius 3 is 2.58 bits per heavy atom. The van der Waals surface area contributed by atoms with E-state index in [0.29, 0.717) is 6.54 Å². The summed E-state index contributed by atoms with van der Waals surface area (Å²) in [6.45, 7) is 2.34. The molecule has 0 bridgehead atoms. The molecule has 0 radical (unpaired) electrons. The van der Waals surface area contributed by atoms with Crippen LogP contribution >= 0.6 is 11.6 Å². The number of carbonyl (C=O) groups excluding carboxylic acids is 1. The molecule has 8 nitrogen and oxygen atoms in total. The van der Waals surface area contributed by atoms with Crippen molar-refractivity contribution in [3.05, 3.63) is 63.2 Å². The summed E-state index contributed by atoms with van der Waals surface area (Å²) in [5, 5.41) is 13.4. The Hall–Kier alpha value is -2.65. The van der Waals surface area contributed by atoms with E-state index in [0.717, 1.165) is 24.6 Å². The van der Waals surface area contributed by atoms with E-state index in [9.17, 15) is 23.3 Å². The third kappa shape index (κ3) is 4.50. The Balaban J connectivity index is 2.38. The molecule has 10 heteroatoms. The minimum Gasteiger partial charge on any atom is -0.352 e. The first-order chi connectivity index (χ1) is 12.3. The number of nitro benzene ring substituents is 1. The van der Waals surface area contributed by atoms with Gasteiger partial charge in [-0.25, -0.2) is 8.42 Å². The van der Waals surface area contributed by atoms with Gasteiger partial charge in [-0.15, -0.1) is 0 Å². The van der Waals surface area contributed by atoms with Crippen LogP contribution < -0.4 is 10.0 Å². The maximum Gasteiger partial charge on any atom is 0.289 e. The van der Waals surface area contributed by atoms with Gasteiger partial charge in [0.05, 0.1) is 21.1 Å². The molecular formula is C16H16ClN3O5S. The van der Waals surface area contributed by atoms with Crippen LogP contribution in [-0.4, -0.2) is 25.8 Å². The highest BCUT2D eigenvalue weighted by atomic mass is 35.5. The van der Waals surface area contributed by atoms with Crippen molar-refractivity contribution in [3.8, 4) is 0 Å².